The molecule has 2 rings (SSSR count). The van der Waals surface area contributed by atoms with Crippen molar-refractivity contribution < 1.29 is 23.8 Å². The van der Waals surface area contributed by atoms with Crippen LogP contribution in [0.1, 0.15) is 18.1 Å². The van der Waals surface area contributed by atoms with Crippen LogP contribution in [0, 0.1) is 6.92 Å². The zero-order chi connectivity index (χ0) is 21.4. The summed E-state index contributed by atoms with van der Waals surface area (Å²) in [7, 11) is 1.46. The average molecular weight is 420 g/mol. The number of nitrogens with one attached hydrogen (secondary N) is 1. The van der Waals surface area contributed by atoms with Gasteiger partial charge in [0, 0.05) is 5.02 Å². The Kier molecular flexibility index (Phi) is 7.85. The van der Waals surface area contributed by atoms with Crippen molar-refractivity contribution in [2.45, 2.75) is 20.0 Å². The molecule has 2 aromatic rings. The lowest BCUT2D eigenvalue weighted by atomic mass is 10.2. The molecule has 0 radical (unpaired) electrons. The number of nitrogens with two attached hydrogens (primary N) is 1. The number of ether oxygens (including phenoxy) is 3. The molecule has 0 aliphatic heterocycles. The summed E-state index contributed by atoms with van der Waals surface area (Å²) in [6, 6.07) is 10.1. The van der Waals surface area contributed by atoms with Crippen LogP contribution in [0.3, 0.4) is 0 Å². The zero-order valence-corrected chi connectivity index (χ0v) is 17.0. The van der Waals surface area contributed by atoms with Gasteiger partial charge in [0.15, 0.2) is 24.2 Å². The summed E-state index contributed by atoms with van der Waals surface area (Å²) in [6.45, 7) is 3.20. The van der Waals surface area contributed by atoms with Gasteiger partial charge in [-0.05, 0) is 61.4 Å². The second-order valence-corrected chi connectivity index (χ2v) is 6.48. The number of carbonyl (C=O) groups excluding carboxylic acids is 2. The summed E-state index contributed by atoms with van der Waals surface area (Å²) in [5.74, 6) is 0.298. The highest BCUT2D eigenvalue weighted by Gasteiger charge is 2.14. The lowest BCUT2D eigenvalue weighted by Crippen LogP contribution is -2.33. The first-order valence-electron chi connectivity index (χ1n) is 8.65. The van der Waals surface area contributed by atoms with Crippen molar-refractivity contribution >= 4 is 29.6 Å². The van der Waals surface area contributed by atoms with Crippen LogP contribution < -0.4 is 25.4 Å². The lowest BCUT2D eigenvalue weighted by Gasteiger charge is -2.13. The summed E-state index contributed by atoms with van der Waals surface area (Å²) in [5.41, 5.74) is 8.98. The molecule has 0 saturated heterocycles. The summed E-state index contributed by atoms with van der Waals surface area (Å²) in [5, 5.41) is 4.54. The molecule has 0 saturated carbocycles. The number of hydrazone groups is 1. The minimum Gasteiger partial charge on any atom is -0.493 e. The number of aryl methyl sites for hydroxylation is 1. The van der Waals surface area contributed by atoms with Gasteiger partial charge in [-0.25, -0.2) is 5.43 Å². The Balaban J connectivity index is 1.94. The maximum atomic E-state index is 12.2. The second-order valence-electron chi connectivity index (χ2n) is 6.07. The largest absolute Gasteiger partial charge is 0.493 e. The van der Waals surface area contributed by atoms with Gasteiger partial charge in [-0.1, -0.05) is 11.6 Å². The molecular formula is C20H22ClN3O5. The molecule has 29 heavy (non-hydrogen) atoms. The molecule has 0 aliphatic carbocycles. The van der Waals surface area contributed by atoms with Crippen LogP contribution in [0.5, 0.6) is 17.2 Å². The number of methoxy groups -OCH3 is 1. The van der Waals surface area contributed by atoms with E-state index in [4.69, 9.17) is 31.5 Å². The van der Waals surface area contributed by atoms with E-state index in [-0.39, 0.29) is 6.61 Å². The van der Waals surface area contributed by atoms with E-state index < -0.39 is 17.9 Å². The molecule has 1 unspecified atom stereocenters. The van der Waals surface area contributed by atoms with Crippen molar-refractivity contribution in [1.82, 2.24) is 5.43 Å². The van der Waals surface area contributed by atoms with E-state index in [1.54, 1.807) is 43.3 Å². The van der Waals surface area contributed by atoms with Crippen molar-refractivity contribution in [3.8, 4) is 17.2 Å². The Morgan fingerprint density at radius 1 is 1.24 bits per heavy atom. The van der Waals surface area contributed by atoms with Crippen LogP contribution in [0.4, 0.5) is 0 Å². The number of rotatable bonds is 9. The minimum absolute atomic E-state index is 0.259. The average Bonchev–Trinajstić information content (AvgIpc) is 2.69. The third kappa shape index (κ3) is 6.69. The van der Waals surface area contributed by atoms with Crippen LogP contribution in [-0.4, -0.2) is 37.8 Å². The van der Waals surface area contributed by atoms with E-state index >= 15 is 0 Å². The van der Waals surface area contributed by atoms with Crippen LogP contribution in [0.15, 0.2) is 41.5 Å². The molecule has 2 aromatic carbocycles. The van der Waals surface area contributed by atoms with Crippen LogP contribution in [-0.2, 0) is 9.59 Å². The third-order valence-corrected chi connectivity index (χ3v) is 4.18. The van der Waals surface area contributed by atoms with Gasteiger partial charge in [0.05, 0.1) is 13.3 Å². The summed E-state index contributed by atoms with van der Waals surface area (Å²) in [6.07, 6.45) is 0.684. The Morgan fingerprint density at radius 2 is 2.00 bits per heavy atom. The van der Waals surface area contributed by atoms with Gasteiger partial charge in [-0.3, -0.25) is 9.59 Å². The van der Waals surface area contributed by atoms with Gasteiger partial charge in [0.25, 0.3) is 11.8 Å². The number of carbonyl (C=O) groups is 2. The first kappa shape index (κ1) is 22.0. The zero-order valence-electron chi connectivity index (χ0n) is 16.3. The number of hydrogen-bond acceptors (Lipinski definition) is 6. The predicted octanol–water partition coefficient (Wildman–Crippen LogP) is 2.44. The maximum absolute atomic E-state index is 12.2. The van der Waals surface area contributed by atoms with E-state index in [0.717, 1.165) is 5.56 Å². The number of primary amides is 1. The molecule has 9 heteroatoms. The number of hydrogen-bond donors (Lipinski definition) is 2. The summed E-state index contributed by atoms with van der Waals surface area (Å²) >= 11 is 5.98. The molecule has 3 N–H and O–H groups in total. The molecule has 0 bridgehead atoms. The molecule has 0 fully saturated rings. The first-order chi connectivity index (χ1) is 13.8. The Hall–Kier alpha value is -3.26. The molecule has 8 nitrogen and oxygen atoms in total. The quantitative estimate of drug-likeness (QED) is 0.479. The molecule has 154 valence electrons. The highest BCUT2D eigenvalue weighted by molar-refractivity contribution is 6.31. The fourth-order valence-electron chi connectivity index (χ4n) is 2.24. The van der Waals surface area contributed by atoms with E-state index in [1.165, 1.54) is 13.3 Å². The van der Waals surface area contributed by atoms with Gasteiger partial charge >= 0.3 is 0 Å². The predicted molar refractivity (Wildman–Crippen MR) is 110 cm³/mol. The number of amides is 2. The fraction of sp³-hybridized carbons (Fsp3) is 0.250. The van der Waals surface area contributed by atoms with Crippen molar-refractivity contribution in [2.24, 2.45) is 10.8 Å². The van der Waals surface area contributed by atoms with Gasteiger partial charge in [-0.2, -0.15) is 5.10 Å². The van der Waals surface area contributed by atoms with E-state index in [9.17, 15) is 9.59 Å². The Morgan fingerprint density at radius 3 is 2.66 bits per heavy atom. The number of halogens is 1. The Bertz CT molecular complexity index is 917. The van der Waals surface area contributed by atoms with Gasteiger partial charge < -0.3 is 19.9 Å². The first-order valence-corrected chi connectivity index (χ1v) is 9.02. The van der Waals surface area contributed by atoms with E-state index in [1.807, 2.05) is 6.92 Å². The maximum Gasteiger partial charge on any atom is 0.280 e. The number of benzene rings is 2. The van der Waals surface area contributed by atoms with E-state index in [2.05, 4.69) is 10.5 Å². The van der Waals surface area contributed by atoms with Crippen LogP contribution >= 0.6 is 11.6 Å². The van der Waals surface area contributed by atoms with Crippen LogP contribution in [0.2, 0.25) is 5.02 Å². The topological polar surface area (TPSA) is 112 Å². The molecule has 2 amide bonds. The monoisotopic (exact) mass is 419 g/mol. The standard InChI is InChI=1S/C20H22ClN3O5/c1-12-8-15(5-6-16(12)21)29-13(2)20(26)24-23-10-14-4-7-17(18(9-14)27-3)28-11-19(22)25/h4-10,13H,11H2,1-3H3,(H2,22,25)(H,24,26)/b23-10+. The number of nitrogens with zero attached hydrogens (tertiary/aromatic N) is 1. The molecule has 0 aromatic heterocycles. The SMILES string of the molecule is COc1cc(/C=N/NC(=O)C(C)Oc2ccc(Cl)c(C)c2)ccc1OCC(N)=O. The normalized spacial score (nSPS) is 11.7. The smallest absolute Gasteiger partial charge is 0.280 e. The third-order valence-electron chi connectivity index (χ3n) is 3.76. The second kappa shape index (κ2) is 10.3. The van der Waals surface area contributed by atoms with E-state index in [0.29, 0.717) is 27.8 Å². The van der Waals surface area contributed by atoms with Crippen molar-refractivity contribution in [1.29, 1.82) is 0 Å². The van der Waals surface area contributed by atoms with Gasteiger partial charge in [0.2, 0.25) is 0 Å². The Labute approximate surface area is 173 Å². The molecule has 0 aliphatic rings. The highest BCUT2D eigenvalue weighted by Crippen LogP contribution is 2.27. The van der Waals surface area contributed by atoms with Gasteiger partial charge in [0.1, 0.15) is 5.75 Å². The lowest BCUT2D eigenvalue weighted by molar-refractivity contribution is -0.127. The minimum atomic E-state index is -0.758. The molecular weight excluding hydrogens is 398 g/mol. The van der Waals surface area contributed by atoms with Crippen molar-refractivity contribution in [3.05, 3.63) is 52.5 Å². The van der Waals surface area contributed by atoms with Crippen LogP contribution in [0.25, 0.3) is 0 Å². The van der Waals surface area contributed by atoms with Gasteiger partial charge in [-0.15, -0.1) is 0 Å². The van der Waals surface area contributed by atoms with Crippen molar-refractivity contribution in [3.63, 3.8) is 0 Å². The summed E-state index contributed by atoms with van der Waals surface area (Å²) < 4.78 is 16.1. The molecule has 0 heterocycles. The van der Waals surface area contributed by atoms with Crippen molar-refractivity contribution in [2.75, 3.05) is 13.7 Å². The molecule has 1 atom stereocenters. The highest BCUT2D eigenvalue weighted by atomic mass is 35.5. The summed E-state index contributed by atoms with van der Waals surface area (Å²) in [4.78, 5) is 23.0. The fourth-order valence-corrected chi connectivity index (χ4v) is 2.36. The molecule has 0 spiro atoms.